The molecule has 0 aliphatic carbocycles. The van der Waals surface area contributed by atoms with Crippen molar-refractivity contribution in [3.8, 4) is 11.5 Å². The number of amides is 1. The first-order chi connectivity index (χ1) is 14.2. The van der Waals surface area contributed by atoms with Crippen molar-refractivity contribution in [2.75, 3.05) is 25.0 Å². The fourth-order valence-corrected chi connectivity index (χ4v) is 3.83. The zero-order chi connectivity index (χ0) is 20.1. The zero-order valence-corrected chi connectivity index (χ0v) is 16.9. The molecule has 1 amide bonds. The Kier molecular flexibility index (Phi) is 6.02. The highest BCUT2D eigenvalue weighted by molar-refractivity contribution is 7.13. The lowest BCUT2D eigenvalue weighted by molar-refractivity contribution is 0.0579. The van der Waals surface area contributed by atoms with Crippen molar-refractivity contribution >= 4 is 22.9 Å². The van der Waals surface area contributed by atoms with Crippen LogP contribution in [0, 0.1) is 0 Å². The highest BCUT2D eigenvalue weighted by atomic mass is 32.1. The number of aromatic nitrogens is 2. The molecule has 4 rings (SSSR count). The molecule has 7 nitrogen and oxygen atoms in total. The van der Waals surface area contributed by atoms with Gasteiger partial charge >= 0.3 is 0 Å². The Morgan fingerprint density at radius 1 is 1.14 bits per heavy atom. The number of carbonyl (C=O) groups excluding carboxylic acids is 1. The normalized spacial score (nSPS) is 15.3. The van der Waals surface area contributed by atoms with Crippen molar-refractivity contribution in [2.24, 2.45) is 0 Å². The number of anilines is 1. The van der Waals surface area contributed by atoms with Gasteiger partial charge in [0.2, 0.25) is 5.01 Å². The van der Waals surface area contributed by atoms with E-state index in [1.54, 1.807) is 0 Å². The first-order valence-electron chi connectivity index (χ1n) is 9.51. The molecule has 2 aromatic carbocycles. The lowest BCUT2D eigenvalue weighted by Crippen LogP contribution is -2.40. The summed E-state index contributed by atoms with van der Waals surface area (Å²) in [4.78, 5) is 14.6. The lowest BCUT2D eigenvalue weighted by atomic mass is 10.2. The topological polar surface area (TPSA) is 76.6 Å². The van der Waals surface area contributed by atoms with Crippen LogP contribution in [0.15, 0.2) is 54.6 Å². The minimum absolute atomic E-state index is 0.0568. The summed E-state index contributed by atoms with van der Waals surface area (Å²) in [6.07, 6.45) is -0.0568. The monoisotopic (exact) mass is 410 g/mol. The molecule has 8 heteroatoms. The van der Waals surface area contributed by atoms with Crippen LogP contribution < -0.4 is 14.8 Å². The van der Waals surface area contributed by atoms with Crippen LogP contribution in [0.25, 0.3) is 0 Å². The van der Waals surface area contributed by atoms with E-state index in [0.717, 1.165) is 28.7 Å². The van der Waals surface area contributed by atoms with Crippen LogP contribution in [0.4, 0.5) is 5.69 Å². The van der Waals surface area contributed by atoms with Gasteiger partial charge in [0, 0.05) is 12.2 Å². The van der Waals surface area contributed by atoms with E-state index >= 15 is 0 Å². The maximum Gasteiger partial charge on any atom is 0.286 e. The molecule has 1 unspecified atom stereocenters. The predicted molar refractivity (Wildman–Crippen MR) is 112 cm³/mol. The summed E-state index contributed by atoms with van der Waals surface area (Å²) < 4.78 is 11.8. The molecular weight excluding hydrogens is 388 g/mol. The molecule has 29 heavy (non-hydrogen) atoms. The van der Waals surface area contributed by atoms with Crippen LogP contribution in [0.3, 0.4) is 0 Å². The molecule has 1 aliphatic heterocycles. The van der Waals surface area contributed by atoms with E-state index in [9.17, 15) is 4.79 Å². The number of carbonyl (C=O) groups is 1. The zero-order valence-electron chi connectivity index (χ0n) is 16.1. The third-order valence-electron chi connectivity index (χ3n) is 4.53. The minimum atomic E-state index is -0.247. The van der Waals surface area contributed by atoms with E-state index in [2.05, 4.69) is 27.3 Å². The van der Waals surface area contributed by atoms with Gasteiger partial charge in [0.25, 0.3) is 5.91 Å². The van der Waals surface area contributed by atoms with Gasteiger partial charge in [0.05, 0.1) is 6.54 Å². The molecular formula is C21H22N4O3S. The molecule has 0 bridgehead atoms. The SMILES string of the molecule is CCN(Cc1nnc(C(=O)Nc2ccccc2)s1)CC1COc2ccccc2O1. The molecule has 150 valence electrons. The van der Waals surface area contributed by atoms with Gasteiger partial charge in [-0.15, -0.1) is 10.2 Å². The maximum absolute atomic E-state index is 12.4. The second-order valence-corrected chi connectivity index (χ2v) is 7.71. The highest BCUT2D eigenvalue weighted by Gasteiger charge is 2.23. The van der Waals surface area contributed by atoms with Gasteiger partial charge < -0.3 is 14.8 Å². The van der Waals surface area contributed by atoms with E-state index in [1.807, 2.05) is 54.6 Å². The second-order valence-electron chi connectivity index (χ2n) is 6.65. The van der Waals surface area contributed by atoms with E-state index in [1.165, 1.54) is 11.3 Å². The number of nitrogens with one attached hydrogen (secondary N) is 1. The molecule has 1 N–H and O–H groups in total. The summed E-state index contributed by atoms with van der Waals surface area (Å²) in [7, 11) is 0. The molecule has 3 aromatic rings. The number of rotatable bonds is 7. The largest absolute Gasteiger partial charge is 0.486 e. The Morgan fingerprint density at radius 2 is 1.90 bits per heavy atom. The highest BCUT2D eigenvalue weighted by Crippen LogP contribution is 2.31. The van der Waals surface area contributed by atoms with Crippen molar-refractivity contribution in [2.45, 2.75) is 19.6 Å². The van der Waals surface area contributed by atoms with Gasteiger partial charge in [-0.25, -0.2) is 0 Å². The van der Waals surface area contributed by atoms with E-state index in [0.29, 0.717) is 24.7 Å². The molecule has 0 saturated carbocycles. The van der Waals surface area contributed by atoms with Crippen LogP contribution in [0.5, 0.6) is 11.5 Å². The number of fused-ring (bicyclic) bond motifs is 1. The minimum Gasteiger partial charge on any atom is -0.486 e. The van der Waals surface area contributed by atoms with Gasteiger partial charge in [0.15, 0.2) is 11.5 Å². The molecule has 1 atom stereocenters. The molecule has 1 aromatic heterocycles. The van der Waals surface area contributed by atoms with Crippen LogP contribution in [0.1, 0.15) is 21.7 Å². The van der Waals surface area contributed by atoms with Crippen molar-refractivity contribution in [1.82, 2.24) is 15.1 Å². The first-order valence-corrected chi connectivity index (χ1v) is 10.3. The third kappa shape index (κ3) is 4.90. The molecule has 2 heterocycles. The fraction of sp³-hybridized carbons (Fsp3) is 0.286. The number of hydrogen-bond donors (Lipinski definition) is 1. The number of benzene rings is 2. The van der Waals surface area contributed by atoms with Crippen molar-refractivity contribution in [1.29, 1.82) is 0 Å². The first kappa shape index (κ1) is 19.4. The van der Waals surface area contributed by atoms with Crippen LogP contribution in [0.2, 0.25) is 0 Å². The Bertz CT molecular complexity index is 963. The predicted octanol–water partition coefficient (Wildman–Crippen LogP) is 3.45. The molecule has 0 radical (unpaired) electrons. The van der Waals surface area contributed by atoms with Crippen molar-refractivity contribution in [3.05, 3.63) is 64.6 Å². The van der Waals surface area contributed by atoms with Crippen LogP contribution in [-0.2, 0) is 6.54 Å². The average molecular weight is 410 g/mol. The molecule has 0 saturated heterocycles. The van der Waals surface area contributed by atoms with Gasteiger partial charge in [0.1, 0.15) is 17.7 Å². The fourth-order valence-electron chi connectivity index (χ4n) is 3.05. The summed E-state index contributed by atoms with van der Waals surface area (Å²) in [6, 6.07) is 17.0. The summed E-state index contributed by atoms with van der Waals surface area (Å²) in [5, 5.41) is 12.2. The van der Waals surface area contributed by atoms with Gasteiger partial charge in [-0.2, -0.15) is 0 Å². The van der Waals surface area contributed by atoms with Crippen LogP contribution in [-0.4, -0.2) is 46.8 Å². The number of ether oxygens (including phenoxy) is 2. The lowest BCUT2D eigenvalue weighted by Gasteiger charge is -2.30. The average Bonchev–Trinajstić information content (AvgIpc) is 3.22. The Balaban J connectivity index is 1.34. The standard InChI is InChI=1S/C21H22N4O3S/c1-2-25(12-16-14-27-17-10-6-7-11-18(17)28-16)13-19-23-24-21(29-19)20(26)22-15-8-4-3-5-9-15/h3-11,16H,2,12-14H2,1H3,(H,22,26). The number of nitrogens with zero attached hydrogens (tertiary/aromatic N) is 3. The van der Waals surface area contributed by atoms with Gasteiger partial charge in [-0.3, -0.25) is 9.69 Å². The maximum atomic E-state index is 12.4. The number of hydrogen-bond acceptors (Lipinski definition) is 7. The number of para-hydroxylation sites is 3. The van der Waals surface area contributed by atoms with E-state index in [-0.39, 0.29) is 12.0 Å². The quantitative estimate of drug-likeness (QED) is 0.643. The Hall–Kier alpha value is -2.97. The van der Waals surface area contributed by atoms with Crippen molar-refractivity contribution in [3.63, 3.8) is 0 Å². The molecule has 0 fully saturated rings. The molecule has 1 aliphatic rings. The van der Waals surface area contributed by atoms with E-state index < -0.39 is 0 Å². The van der Waals surface area contributed by atoms with E-state index in [4.69, 9.17) is 9.47 Å². The Labute approximate surface area is 173 Å². The second kappa shape index (κ2) is 9.02. The summed E-state index contributed by atoms with van der Waals surface area (Å²) >= 11 is 1.31. The summed E-state index contributed by atoms with van der Waals surface area (Å²) in [5.41, 5.74) is 0.735. The summed E-state index contributed by atoms with van der Waals surface area (Å²) in [5.74, 6) is 1.31. The molecule has 0 spiro atoms. The Morgan fingerprint density at radius 3 is 2.69 bits per heavy atom. The third-order valence-corrected chi connectivity index (χ3v) is 5.43. The van der Waals surface area contributed by atoms with Gasteiger partial charge in [-0.05, 0) is 30.8 Å². The smallest absolute Gasteiger partial charge is 0.286 e. The van der Waals surface area contributed by atoms with Crippen molar-refractivity contribution < 1.29 is 14.3 Å². The summed E-state index contributed by atoms with van der Waals surface area (Å²) in [6.45, 7) is 4.73. The van der Waals surface area contributed by atoms with Gasteiger partial charge in [-0.1, -0.05) is 48.6 Å². The van der Waals surface area contributed by atoms with Crippen LogP contribution >= 0.6 is 11.3 Å². The number of likely N-dealkylation sites (N-methyl/N-ethyl adjacent to an activating group) is 1.